The second kappa shape index (κ2) is 6.20. The number of halogens is 3. The Labute approximate surface area is 105 Å². The number of rotatable bonds is 4. The predicted molar refractivity (Wildman–Crippen MR) is 64.2 cm³/mol. The highest BCUT2D eigenvalue weighted by Gasteiger charge is 2.25. The van der Waals surface area contributed by atoms with Crippen molar-refractivity contribution in [3.63, 3.8) is 0 Å². The number of benzene rings is 1. The fourth-order valence-electron chi connectivity index (χ4n) is 2.34. The fraction of sp³-hybridized carbons (Fsp3) is 0.538. The molecule has 1 aliphatic rings. The number of nitrogens with one attached hydrogen (secondary N) is 1. The van der Waals surface area contributed by atoms with Gasteiger partial charge in [-0.3, -0.25) is 4.90 Å². The highest BCUT2D eigenvalue weighted by atomic mass is 19.3. The van der Waals surface area contributed by atoms with E-state index in [-0.39, 0.29) is 18.3 Å². The summed E-state index contributed by atoms with van der Waals surface area (Å²) in [5, 5.41) is 3.19. The van der Waals surface area contributed by atoms with Gasteiger partial charge in [0.15, 0.2) is 0 Å². The Morgan fingerprint density at radius 1 is 1.11 bits per heavy atom. The van der Waals surface area contributed by atoms with Gasteiger partial charge in [0, 0.05) is 38.6 Å². The summed E-state index contributed by atoms with van der Waals surface area (Å²) in [6.07, 6.45) is -2.55. The molecule has 0 unspecified atom stereocenters. The van der Waals surface area contributed by atoms with Crippen LogP contribution in [0, 0.1) is 5.82 Å². The van der Waals surface area contributed by atoms with Crippen LogP contribution in [0.5, 0.6) is 0 Å². The smallest absolute Gasteiger partial charge is 0.240 e. The first kappa shape index (κ1) is 13.4. The maximum Gasteiger partial charge on any atom is 0.240 e. The molecule has 1 aromatic carbocycles. The third-order valence-electron chi connectivity index (χ3n) is 3.25. The monoisotopic (exact) mass is 258 g/mol. The van der Waals surface area contributed by atoms with Crippen LogP contribution in [0.2, 0.25) is 0 Å². The van der Waals surface area contributed by atoms with Gasteiger partial charge in [-0.1, -0.05) is 12.1 Å². The molecule has 0 spiro atoms. The number of piperazine rings is 1. The van der Waals surface area contributed by atoms with Crippen LogP contribution in [-0.2, 0) is 0 Å². The van der Waals surface area contributed by atoms with Gasteiger partial charge in [0.05, 0.1) is 0 Å². The van der Waals surface area contributed by atoms with Crippen LogP contribution < -0.4 is 5.32 Å². The lowest BCUT2D eigenvalue weighted by Gasteiger charge is -2.35. The maximum atomic E-state index is 12.9. The Morgan fingerprint density at radius 3 is 2.28 bits per heavy atom. The van der Waals surface area contributed by atoms with E-state index in [2.05, 4.69) is 5.32 Å². The average Bonchev–Trinajstić information content (AvgIpc) is 2.38. The van der Waals surface area contributed by atoms with Crippen LogP contribution >= 0.6 is 0 Å². The van der Waals surface area contributed by atoms with E-state index in [9.17, 15) is 13.2 Å². The largest absolute Gasteiger partial charge is 0.314 e. The van der Waals surface area contributed by atoms with E-state index in [1.165, 1.54) is 12.1 Å². The zero-order valence-corrected chi connectivity index (χ0v) is 10.1. The molecule has 1 aliphatic heterocycles. The van der Waals surface area contributed by atoms with Gasteiger partial charge >= 0.3 is 0 Å². The van der Waals surface area contributed by atoms with Gasteiger partial charge in [0.1, 0.15) is 5.82 Å². The predicted octanol–water partition coefficient (Wildman–Crippen LogP) is 2.43. The van der Waals surface area contributed by atoms with E-state index in [1.807, 2.05) is 4.90 Å². The second-order valence-electron chi connectivity index (χ2n) is 4.48. The summed E-state index contributed by atoms with van der Waals surface area (Å²) in [5.74, 6) is -0.338. The molecule has 1 aromatic rings. The van der Waals surface area contributed by atoms with Crippen LogP contribution in [0.15, 0.2) is 24.3 Å². The normalized spacial score (nSPS) is 19.1. The van der Waals surface area contributed by atoms with Crippen molar-refractivity contribution < 1.29 is 13.2 Å². The van der Waals surface area contributed by atoms with E-state index in [0.29, 0.717) is 0 Å². The van der Waals surface area contributed by atoms with Gasteiger partial charge in [-0.2, -0.15) is 0 Å². The molecule has 2 rings (SSSR count). The molecule has 0 radical (unpaired) electrons. The second-order valence-corrected chi connectivity index (χ2v) is 4.48. The fourth-order valence-corrected chi connectivity index (χ4v) is 2.34. The average molecular weight is 258 g/mol. The zero-order valence-electron chi connectivity index (χ0n) is 10.1. The molecule has 0 saturated carbocycles. The standard InChI is InChI=1S/C13H17F3N2/c14-11-3-1-10(2-4-11)12(9-13(15)16)18-7-5-17-6-8-18/h1-4,12-13,17H,5-9H2/t12-/m0/s1. The molecule has 1 saturated heterocycles. The van der Waals surface area contributed by atoms with Gasteiger partial charge < -0.3 is 5.32 Å². The van der Waals surface area contributed by atoms with Gasteiger partial charge in [0.2, 0.25) is 6.43 Å². The summed E-state index contributed by atoms with van der Waals surface area (Å²) in [6.45, 7) is 3.10. The molecule has 0 aliphatic carbocycles. The van der Waals surface area contributed by atoms with Crippen molar-refractivity contribution in [1.29, 1.82) is 0 Å². The molecule has 1 N–H and O–H groups in total. The Morgan fingerprint density at radius 2 is 1.72 bits per heavy atom. The van der Waals surface area contributed by atoms with Crippen molar-refractivity contribution in [3.05, 3.63) is 35.6 Å². The van der Waals surface area contributed by atoms with Crippen LogP contribution in [0.4, 0.5) is 13.2 Å². The van der Waals surface area contributed by atoms with Crippen LogP contribution in [-0.4, -0.2) is 37.5 Å². The topological polar surface area (TPSA) is 15.3 Å². The van der Waals surface area contributed by atoms with Crippen molar-refractivity contribution in [3.8, 4) is 0 Å². The lowest BCUT2D eigenvalue weighted by molar-refractivity contribution is 0.0739. The number of hydrogen-bond donors (Lipinski definition) is 1. The van der Waals surface area contributed by atoms with Gasteiger partial charge in [-0.15, -0.1) is 0 Å². The van der Waals surface area contributed by atoms with E-state index >= 15 is 0 Å². The van der Waals surface area contributed by atoms with Crippen molar-refractivity contribution in [1.82, 2.24) is 10.2 Å². The highest BCUT2D eigenvalue weighted by Crippen LogP contribution is 2.27. The number of alkyl halides is 2. The van der Waals surface area contributed by atoms with E-state index in [4.69, 9.17) is 0 Å². The molecular formula is C13H17F3N2. The molecule has 18 heavy (non-hydrogen) atoms. The van der Waals surface area contributed by atoms with E-state index in [0.717, 1.165) is 31.7 Å². The molecule has 100 valence electrons. The zero-order chi connectivity index (χ0) is 13.0. The minimum atomic E-state index is -2.35. The maximum absolute atomic E-state index is 12.9. The molecule has 1 fully saturated rings. The minimum absolute atomic E-state index is 0.203. The Hall–Kier alpha value is -1.07. The third-order valence-corrected chi connectivity index (χ3v) is 3.25. The van der Waals surface area contributed by atoms with Crippen molar-refractivity contribution in [2.24, 2.45) is 0 Å². The Balaban J connectivity index is 2.15. The SMILES string of the molecule is Fc1ccc([C@H](CC(F)F)N2CCNCC2)cc1. The lowest BCUT2D eigenvalue weighted by atomic mass is 10.0. The van der Waals surface area contributed by atoms with Crippen LogP contribution in [0.3, 0.4) is 0 Å². The summed E-state index contributed by atoms with van der Waals surface area (Å²) in [6, 6.07) is 5.54. The van der Waals surface area contributed by atoms with Gasteiger partial charge in [0.25, 0.3) is 0 Å². The van der Waals surface area contributed by atoms with Crippen LogP contribution in [0.25, 0.3) is 0 Å². The third kappa shape index (κ3) is 3.46. The summed E-state index contributed by atoms with van der Waals surface area (Å²) < 4.78 is 38.3. The molecule has 0 aromatic heterocycles. The summed E-state index contributed by atoms with van der Waals surface area (Å²) in [5.41, 5.74) is 0.763. The Kier molecular flexibility index (Phi) is 4.60. The van der Waals surface area contributed by atoms with Gasteiger partial charge in [-0.05, 0) is 17.7 Å². The quantitative estimate of drug-likeness (QED) is 0.892. The number of nitrogens with zero attached hydrogens (tertiary/aromatic N) is 1. The molecule has 5 heteroatoms. The lowest BCUT2D eigenvalue weighted by Crippen LogP contribution is -2.45. The minimum Gasteiger partial charge on any atom is -0.314 e. The molecule has 1 heterocycles. The summed E-state index contributed by atoms with van der Waals surface area (Å²) >= 11 is 0. The summed E-state index contributed by atoms with van der Waals surface area (Å²) in [7, 11) is 0. The first-order chi connectivity index (χ1) is 8.66. The molecule has 2 nitrogen and oxygen atoms in total. The van der Waals surface area contributed by atoms with E-state index < -0.39 is 6.43 Å². The van der Waals surface area contributed by atoms with Crippen molar-refractivity contribution in [2.75, 3.05) is 26.2 Å². The van der Waals surface area contributed by atoms with Crippen molar-refractivity contribution in [2.45, 2.75) is 18.9 Å². The van der Waals surface area contributed by atoms with E-state index in [1.54, 1.807) is 12.1 Å². The molecule has 1 atom stereocenters. The van der Waals surface area contributed by atoms with Gasteiger partial charge in [-0.25, -0.2) is 13.2 Å². The Bertz CT molecular complexity index is 361. The van der Waals surface area contributed by atoms with Crippen LogP contribution in [0.1, 0.15) is 18.0 Å². The summed E-state index contributed by atoms with van der Waals surface area (Å²) in [4.78, 5) is 2.04. The number of hydrogen-bond acceptors (Lipinski definition) is 2. The highest BCUT2D eigenvalue weighted by molar-refractivity contribution is 5.20. The first-order valence-electron chi connectivity index (χ1n) is 6.15. The molecular weight excluding hydrogens is 241 g/mol. The molecule has 0 bridgehead atoms. The van der Waals surface area contributed by atoms with Crippen molar-refractivity contribution >= 4 is 0 Å². The first-order valence-corrected chi connectivity index (χ1v) is 6.15. The molecule has 0 amide bonds.